The van der Waals surface area contributed by atoms with E-state index in [0.717, 1.165) is 24.3 Å². The van der Waals surface area contributed by atoms with Crippen LogP contribution in [0.15, 0.2) is 24.3 Å². The third-order valence-corrected chi connectivity index (χ3v) is 4.35. The Labute approximate surface area is 150 Å². The Bertz CT molecular complexity index is 542. The first-order chi connectivity index (χ1) is 12.1. The molecule has 6 nitrogen and oxygen atoms in total. The minimum absolute atomic E-state index is 0.0834. The van der Waals surface area contributed by atoms with Gasteiger partial charge in [0.05, 0.1) is 25.9 Å². The van der Waals surface area contributed by atoms with Crippen molar-refractivity contribution in [3.05, 3.63) is 29.8 Å². The van der Waals surface area contributed by atoms with Crippen LogP contribution in [0.1, 0.15) is 32.3 Å². The summed E-state index contributed by atoms with van der Waals surface area (Å²) in [5, 5.41) is 6.24. The quantitative estimate of drug-likeness (QED) is 0.669. The lowest BCUT2D eigenvalue weighted by Crippen LogP contribution is -2.51. The molecule has 1 aromatic rings. The molecule has 0 atom stereocenters. The second kappa shape index (κ2) is 9.87. The van der Waals surface area contributed by atoms with Gasteiger partial charge in [-0.15, -0.1) is 0 Å². The Hall–Kier alpha value is -1.47. The molecule has 0 aliphatic carbocycles. The van der Waals surface area contributed by atoms with Gasteiger partial charge >= 0.3 is 0 Å². The first-order valence-corrected chi connectivity index (χ1v) is 8.91. The highest BCUT2D eigenvalue weighted by molar-refractivity contribution is 5.97. The van der Waals surface area contributed by atoms with Crippen molar-refractivity contribution in [3.63, 3.8) is 0 Å². The fraction of sp³-hybridized carbons (Fsp3) is 0.632. The van der Waals surface area contributed by atoms with Gasteiger partial charge in [0.15, 0.2) is 0 Å². The molecular formula is C19H30N2O4. The second-order valence-corrected chi connectivity index (χ2v) is 6.58. The molecule has 0 aromatic heterocycles. The fourth-order valence-corrected chi connectivity index (χ4v) is 2.87. The molecule has 1 aromatic carbocycles. The van der Waals surface area contributed by atoms with Crippen LogP contribution in [-0.4, -0.2) is 51.0 Å². The van der Waals surface area contributed by atoms with E-state index in [2.05, 4.69) is 10.6 Å². The average molecular weight is 350 g/mol. The van der Waals surface area contributed by atoms with Crippen LogP contribution in [0.2, 0.25) is 0 Å². The zero-order valence-corrected chi connectivity index (χ0v) is 15.5. The number of nitrogens with one attached hydrogen (secondary N) is 2. The molecule has 1 fully saturated rings. The molecule has 1 aliphatic heterocycles. The molecule has 0 spiro atoms. The van der Waals surface area contributed by atoms with Crippen LogP contribution in [0.25, 0.3) is 0 Å². The van der Waals surface area contributed by atoms with Crippen molar-refractivity contribution < 1.29 is 19.0 Å². The van der Waals surface area contributed by atoms with Gasteiger partial charge in [0, 0.05) is 12.8 Å². The van der Waals surface area contributed by atoms with Crippen LogP contribution >= 0.6 is 0 Å². The van der Waals surface area contributed by atoms with E-state index in [4.69, 9.17) is 14.2 Å². The minimum atomic E-state index is -0.744. The van der Waals surface area contributed by atoms with Gasteiger partial charge < -0.3 is 24.8 Å². The van der Waals surface area contributed by atoms with Crippen LogP contribution in [0, 0.1) is 0 Å². The number of methoxy groups -OCH3 is 1. The van der Waals surface area contributed by atoms with Crippen LogP contribution in [-0.2, 0) is 25.6 Å². The van der Waals surface area contributed by atoms with Gasteiger partial charge in [-0.05, 0) is 57.5 Å². The summed E-state index contributed by atoms with van der Waals surface area (Å²) in [5.41, 5.74) is 1.03. The number of carbonyl (C=O) groups is 1. The van der Waals surface area contributed by atoms with Gasteiger partial charge in [-0.3, -0.25) is 4.79 Å². The molecule has 6 heteroatoms. The van der Waals surface area contributed by atoms with E-state index in [-0.39, 0.29) is 12.0 Å². The number of carbonyl (C=O) groups excluding carboxylic acids is 1. The van der Waals surface area contributed by atoms with E-state index < -0.39 is 5.60 Å². The molecule has 1 saturated heterocycles. The van der Waals surface area contributed by atoms with Crippen molar-refractivity contribution in [2.45, 2.75) is 45.0 Å². The summed E-state index contributed by atoms with van der Waals surface area (Å²) >= 11 is 0. The monoisotopic (exact) mass is 350 g/mol. The Morgan fingerprint density at radius 2 is 2.04 bits per heavy atom. The van der Waals surface area contributed by atoms with Crippen molar-refractivity contribution in [2.24, 2.45) is 0 Å². The number of ether oxygens (including phenoxy) is 3. The van der Waals surface area contributed by atoms with Crippen LogP contribution in [0.4, 0.5) is 5.69 Å². The van der Waals surface area contributed by atoms with Gasteiger partial charge in [-0.2, -0.15) is 0 Å². The number of rotatable bonds is 9. The lowest BCUT2D eigenvalue weighted by atomic mass is 9.91. The van der Waals surface area contributed by atoms with E-state index >= 15 is 0 Å². The first kappa shape index (κ1) is 19.8. The van der Waals surface area contributed by atoms with E-state index in [9.17, 15) is 4.79 Å². The van der Waals surface area contributed by atoms with E-state index in [1.807, 2.05) is 38.1 Å². The van der Waals surface area contributed by atoms with Gasteiger partial charge in [0.25, 0.3) is 5.91 Å². The Morgan fingerprint density at radius 1 is 1.28 bits per heavy atom. The van der Waals surface area contributed by atoms with Crippen molar-refractivity contribution in [2.75, 3.05) is 38.7 Å². The molecule has 140 valence electrons. The average Bonchev–Trinajstić information content (AvgIpc) is 2.62. The zero-order chi connectivity index (χ0) is 18.1. The lowest BCUT2D eigenvalue weighted by Gasteiger charge is -2.34. The minimum Gasteiger partial charge on any atom is -0.376 e. The standard InChI is InChI=1S/C19H30N2O4/c1-15(2)25-12-11-24-14-16-5-4-6-17(13-16)21-18(22)19(23-3)7-9-20-10-8-19/h4-6,13,15,20H,7-12,14H2,1-3H3,(H,21,22). The lowest BCUT2D eigenvalue weighted by molar-refractivity contribution is -0.140. The number of amides is 1. The largest absolute Gasteiger partial charge is 0.376 e. The molecule has 25 heavy (non-hydrogen) atoms. The van der Waals surface area contributed by atoms with Crippen molar-refractivity contribution in [1.82, 2.24) is 5.32 Å². The summed E-state index contributed by atoms with van der Waals surface area (Å²) in [7, 11) is 1.61. The molecule has 0 radical (unpaired) electrons. The van der Waals surface area contributed by atoms with Gasteiger partial charge in [-0.1, -0.05) is 12.1 Å². The normalized spacial score (nSPS) is 16.8. The summed E-state index contributed by atoms with van der Waals surface area (Å²) < 4.78 is 16.6. The van der Waals surface area contributed by atoms with Crippen LogP contribution in [0.5, 0.6) is 0 Å². The summed E-state index contributed by atoms with van der Waals surface area (Å²) in [6.45, 7) is 7.20. The molecule has 0 unspecified atom stereocenters. The molecule has 1 aliphatic rings. The van der Waals surface area contributed by atoms with Gasteiger partial charge in [0.2, 0.25) is 0 Å². The predicted molar refractivity (Wildman–Crippen MR) is 97.7 cm³/mol. The molecule has 1 amide bonds. The van der Waals surface area contributed by atoms with Crippen LogP contribution in [0.3, 0.4) is 0 Å². The van der Waals surface area contributed by atoms with Gasteiger partial charge in [0.1, 0.15) is 5.60 Å². The van der Waals surface area contributed by atoms with E-state index in [0.29, 0.717) is 32.7 Å². The van der Waals surface area contributed by atoms with Crippen molar-refractivity contribution in [1.29, 1.82) is 0 Å². The molecule has 2 N–H and O–H groups in total. The molecule has 0 bridgehead atoms. The molecule has 1 heterocycles. The maximum absolute atomic E-state index is 12.7. The predicted octanol–water partition coefficient (Wildman–Crippen LogP) is 2.34. The number of hydrogen-bond acceptors (Lipinski definition) is 5. The second-order valence-electron chi connectivity index (χ2n) is 6.58. The number of piperidine rings is 1. The number of anilines is 1. The Balaban J connectivity index is 1.86. The topological polar surface area (TPSA) is 68.8 Å². The highest BCUT2D eigenvalue weighted by atomic mass is 16.5. The van der Waals surface area contributed by atoms with E-state index in [1.54, 1.807) is 7.11 Å². The number of hydrogen-bond donors (Lipinski definition) is 2. The van der Waals surface area contributed by atoms with E-state index in [1.165, 1.54) is 0 Å². The summed E-state index contributed by atoms with van der Waals surface area (Å²) in [6.07, 6.45) is 1.56. The molecular weight excluding hydrogens is 320 g/mol. The SMILES string of the molecule is COC1(C(=O)Nc2cccc(COCCOC(C)C)c2)CCNCC1. The third kappa shape index (κ3) is 6.08. The highest BCUT2D eigenvalue weighted by Gasteiger charge is 2.39. The smallest absolute Gasteiger partial charge is 0.256 e. The summed E-state index contributed by atoms with van der Waals surface area (Å²) in [5.74, 6) is -0.0834. The van der Waals surface area contributed by atoms with Crippen LogP contribution < -0.4 is 10.6 Å². The Morgan fingerprint density at radius 3 is 2.72 bits per heavy atom. The third-order valence-electron chi connectivity index (χ3n) is 4.35. The van der Waals surface area contributed by atoms with Gasteiger partial charge in [-0.25, -0.2) is 0 Å². The first-order valence-electron chi connectivity index (χ1n) is 8.91. The zero-order valence-electron chi connectivity index (χ0n) is 15.5. The molecule has 2 rings (SSSR count). The Kier molecular flexibility index (Phi) is 7.84. The maximum atomic E-state index is 12.7. The van der Waals surface area contributed by atoms with Crippen molar-refractivity contribution >= 4 is 11.6 Å². The summed E-state index contributed by atoms with van der Waals surface area (Å²) in [4.78, 5) is 12.7. The summed E-state index contributed by atoms with van der Waals surface area (Å²) in [6, 6.07) is 7.72. The number of benzene rings is 1. The van der Waals surface area contributed by atoms with Crippen molar-refractivity contribution in [3.8, 4) is 0 Å². The highest BCUT2D eigenvalue weighted by Crippen LogP contribution is 2.24. The fourth-order valence-electron chi connectivity index (χ4n) is 2.87. The maximum Gasteiger partial charge on any atom is 0.256 e. The molecule has 0 saturated carbocycles.